The molecule has 13 heavy (non-hydrogen) atoms. The second-order valence-corrected chi connectivity index (χ2v) is 4.27. The Morgan fingerprint density at radius 3 is 3.15 bits per heavy atom. The van der Waals surface area contributed by atoms with E-state index in [1.165, 1.54) is 0 Å². The summed E-state index contributed by atoms with van der Waals surface area (Å²) >= 11 is 1.82. The molecule has 1 amide bonds. The van der Waals surface area contributed by atoms with Crippen molar-refractivity contribution in [2.24, 2.45) is 0 Å². The van der Waals surface area contributed by atoms with E-state index in [1.807, 2.05) is 11.8 Å². The van der Waals surface area contributed by atoms with Crippen molar-refractivity contribution in [1.29, 1.82) is 0 Å². The zero-order valence-corrected chi connectivity index (χ0v) is 8.95. The highest BCUT2D eigenvalue weighted by Crippen LogP contribution is 2.04. The molecule has 0 bridgehead atoms. The third kappa shape index (κ3) is 4.00. The average Bonchev–Trinajstić information content (AvgIpc) is 2.65. The zero-order chi connectivity index (χ0) is 9.52. The molecule has 1 aliphatic heterocycles. The van der Waals surface area contributed by atoms with Crippen LogP contribution in [0, 0.1) is 0 Å². The normalized spacial score (nSPS) is 21.8. The molecule has 1 atom stereocenters. The van der Waals surface area contributed by atoms with Gasteiger partial charge in [-0.1, -0.05) is 0 Å². The van der Waals surface area contributed by atoms with E-state index in [0.29, 0.717) is 0 Å². The van der Waals surface area contributed by atoms with Crippen molar-refractivity contribution in [3.8, 4) is 0 Å². The van der Waals surface area contributed by atoms with Gasteiger partial charge in [0.2, 0.25) is 5.91 Å². The predicted molar refractivity (Wildman–Crippen MR) is 57.0 cm³/mol. The first-order chi connectivity index (χ1) is 6.34. The van der Waals surface area contributed by atoms with Gasteiger partial charge in [0.05, 0.1) is 6.04 Å². The van der Waals surface area contributed by atoms with Crippen LogP contribution in [0.4, 0.5) is 0 Å². The van der Waals surface area contributed by atoms with Gasteiger partial charge in [0, 0.05) is 6.54 Å². The standard InChI is InChI=1S/C9H18N2OS/c1-13-7-3-6-11-9(12)8-4-2-5-10-8/h8,10H,2-7H2,1H3,(H,11,12)/t8-/m1/s1. The van der Waals surface area contributed by atoms with Gasteiger partial charge in [0.15, 0.2) is 0 Å². The lowest BCUT2D eigenvalue weighted by Gasteiger charge is -2.10. The van der Waals surface area contributed by atoms with Gasteiger partial charge in [-0.05, 0) is 37.8 Å². The maximum absolute atomic E-state index is 11.4. The molecule has 0 aromatic heterocycles. The van der Waals surface area contributed by atoms with E-state index >= 15 is 0 Å². The molecular weight excluding hydrogens is 184 g/mol. The van der Waals surface area contributed by atoms with Crippen LogP contribution in [0.3, 0.4) is 0 Å². The first kappa shape index (κ1) is 10.9. The van der Waals surface area contributed by atoms with Gasteiger partial charge in [0.1, 0.15) is 0 Å². The monoisotopic (exact) mass is 202 g/mol. The Balaban J connectivity index is 2.03. The molecule has 0 spiro atoms. The van der Waals surface area contributed by atoms with Crippen LogP contribution in [-0.4, -0.2) is 37.0 Å². The molecule has 0 unspecified atom stereocenters. The molecular formula is C9H18N2OS. The third-order valence-corrected chi connectivity index (χ3v) is 2.90. The van der Waals surface area contributed by atoms with Crippen molar-refractivity contribution in [3.05, 3.63) is 0 Å². The molecule has 1 fully saturated rings. The van der Waals surface area contributed by atoms with Gasteiger partial charge < -0.3 is 10.6 Å². The van der Waals surface area contributed by atoms with Crippen LogP contribution < -0.4 is 10.6 Å². The van der Waals surface area contributed by atoms with Gasteiger partial charge in [0.25, 0.3) is 0 Å². The number of nitrogens with one attached hydrogen (secondary N) is 2. The fourth-order valence-electron chi connectivity index (χ4n) is 1.46. The summed E-state index contributed by atoms with van der Waals surface area (Å²) in [5.41, 5.74) is 0. The first-order valence-electron chi connectivity index (χ1n) is 4.84. The molecule has 0 saturated carbocycles. The second-order valence-electron chi connectivity index (χ2n) is 3.29. The maximum atomic E-state index is 11.4. The molecule has 3 nitrogen and oxygen atoms in total. The van der Waals surface area contributed by atoms with E-state index < -0.39 is 0 Å². The smallest absolute Gasteiger partial charge is 0.237 e. The Morgan fingerprint density at radius 2 is 2.54 bits per heavy atom. The van der Waals surface area contributed by atoms with Crippen molar-refractivity contribution in [3.63, 3.8) is 0 Å². The highest BCUT2D eigenvalue weighted by Gasteiger charge is 2.20. The minimum atomic E-state index is 0.0780. The van der Waals surface area contributed by atoms with Crippen LogP contribution in [0.25, 0.3) is 0 Å². The van der Waals surface area contributed by atoms with Crippen LogP contribution in [0.2, 0.25) is 0 Å². The van der Waals surface area contributed by atoms with Crippen LogP contribution in [0.15, 0.2) is 0 Å². The summed E-state index contributed by atoms with van der Waals surface area (Å²) in [6.45, 7) is 1.81. The number of hydrogen-bond donors (Lipinski definition) is 2. The molecule has 0 aromatic rings. The van der Waals surface area contributed by atoms with Crippen molar-refractivity contribution >= 4 is 17.7 Å². The molecule has 1 heterocycles. The molecule has 0 aliphatic carbocycles. The molecule has 0 aromatic carbocycles. The minimum Gasteiger partial charge on any atom is -0.355 e. The van der Waals surface area contributed by atoms with Crippen molar-refractivity contribution < 1.29 is 4.79 Å². The lowest BCUT2D eigenvalue weighted by atomic mass is 10.2. The van der Waals surface area contributed by atoms with Gasteiger partial charge in [-0.25, -0.2) is 0 Å². The number of rotatable bonds is 5. The Kier molecular flexibility index (Phi) is 5.23. The Labute approximate surface area is 84.0 Å². The topological polar surface area (TPSA) is 41.1 Å². The third-order valence-electron chi connectivity index (χ3n) is 2.20. The summed E-state index contributed by atoms with van der Waals surface area (Å²) in [6.07, 6.45) is 5.28. The van der Waals surface area contributed by atoms with E-state index in [-0.39, 0.29) is 11.9 Å². The van der Waals surface area contributed by atoms with E-state index in [2.05, 4.69) is 16.9 Å². The quantitative estimate of drug-likeness (QED) is 0.642. The number of carbonyl (C=O) groups excluding carboxylic acids is 1. The van der Waals surface area contributed by atoms with E-state index in [1.54, 1.807) is 0 Å². The summed E-state index contributed by atoms with van der Waals surface area (Å²) in [5.74, 6) is 1.30. The second kappa shape index (κ2) is 6.27. The highest BCUT2D eigenvalue weighted by molar-refractivity contribution is 7.98. The van der Waals surface area contributed by atoms with Gasteiger partial charge in [-0.2, -0.15) is 11.8 Å². The fraction of sp³-hybridized carbons (Fsp3) is 0.889. The molecule has 1 rings (SSSR count). The molecule has 0 radical (unpaired) electrons. The molecule has 1 saturated heterocycles. The molecule has 2 N–H and O–H groups in total. The van der Waals surface area contributed by atoms with Gasteiger partial charge >= 0.3 is 0 Å². The summed E-state index contributed by atoms with van der Waals surface area (Å²) < 4.78 is 0. The predicted octanol–water partition coefficient (Wildman–Crippen LogP) is 0.608. The van der Waals surface area contributed by atoms with Crippen LogP contribution >= 0.6 is 11.8 Å². The largest absolute Gasteiger partial charge is 0.355 e. The summed E-state index contributed by atoms with van der Waals surface area (Å²) in [6, 6.07) is 0.0780. The summed E-state index contributed by atoms with van der Waals surface area (Å²) in [5, 5.41) is 6.12. The number of carbonyl (C=O) groups is 1. The average molecular weight is 202 g/mol. The first-order valence-corrected chi connectivity index (χ1v) is 6.24. The van der Waals surface area contributed by atoms with E-state index in [9.17, 15) is 4.79 Å². The van der Waals surface area contributed by atoms with Crippen LogP contribution in [-0.2, 0) is 4.79 Å². The fourth-order valence-corrected chi connectivity index (χ4v) is 1.89. The van der Waals surface area contributed by atoms with Crippen molar-refractivity contribution in [2.75, 3.05) is 25.1 Å². The Morgan fingerprint density at radius 1 is 1.69 bits per heavy atom. The number of thioether (sulfide) groups is 1. The van der Waals surface area contributed by atoms with E-state index in [4.69, 9.17) is 0 Å². The van der Waals surface area contributed by atoms with Crippen LogP contribution in [0.5, 0.6) is 0 Å². The van der Waals surface area contributed by atoms with E-state index in [0.717, 1.165) is 38.1 Å². The zero-order valence-electron chi connectivity index (χ0n) is 8.14. The van der Waals surface area contributed by atoms with Crippen molar-refractivity contribution in [2.45, 2.75) is 25.3 Å². The molecule has 76 valence electrons. The van der Waals surface area contributed by atoms with Crippen LogP contribution in [0.1, 0.15) is 19.3 Å². The minimum absolute atomic E-state index is 0.0780. The Hall–Kier alpha value is -0.220. The molecule has 4 heteroatoms. The molecule has 1 aliphatic rings. The summed E-state index contributed by atoms with van der Waals surface area (Å²) in [4.78, 5) is 11.4. The highest BCUT2D eigenvalue weighted by atomic mass is 32.2. The maximum Gasteiger partial charge on any atom is 0.237 e. The van der Waals surface area contributed by atoms with Gasteiger partial charge in [-0.15, -0.1) is 0 Å². The van der Waals surface area contributed by atoms with Gasteiger partial charge in [-0.3, -0.25) is 4.79 Å². The SMILES string of the molecule is CSCCCNC(=O)[C@H]1CCCN1. The summed E-state index contributed by atoms with van der Waals surface area (Å²) in [7, 11) is 0. The number of amides is 1. The Bertz CT molecular complexity index is 158. The lowest BCUT2D eigenvalue weighted by Crippen LogP contribution is -2.40. The van der Waals surface area contributed by atoms with Crippen molar-refractivity contribution in [1.82, 2.24) is 10.6 Å². The number of hydrogen-bond acceptors (Lipinski definition) is 3. The lowest BCUT2D eigenvalue weighted by molar-refractivity contribution is -0.122.